The van der Waals surface area contributed by atoms with Crippen LogP contribution in [0.3, 0.4) is 0 Å². The quantitative estimate of drug-likeness (QED) is 0.181. The summed E-state index contributed by atoms with van der Waals surface area (Å²) in [6, 6.07) is 3.69. The van der Waals surface area contributed by atoms with Gasteiger partial charge in [-0.25, -0.2) is 0 Å². The highest BCUT2D eigenvalue weighted by Crippen LogP contribution is 2.43. The number of ketones is 1. The largest absolute Gasteiger partial charge is 0.461 e. The van der Waals surface area contributed by atoms with E-state index >= 15 is 0 Å². The molecule has 47 heavy (non-hydrogen) atoms. The Labute approximate surface area is 272 Å². The molecular weight excluding hydrogens is 655 g/mol. The molecule has 2 saturated heterocycles. The molecule has 3 atom stereocenters. The van der Waals surface area contributed by atoms with Crippen molar-refractivity contribution >= 4 is 41.2 Å². The number of hydrogen-bond acceptors (Lipinski definition) is 9. The normalized spacial score (nSPS) is 20.0. The fourth-order valence-electron chi connectivity index (χ4n) is 4.70. The number of amides is 3. The maximum atomic E-state index is 14.4. The maximum Gasteiger partial charge on any atom is 0.461 e. The van der Waals surface area contributed by atoms with Gasteiger partial charge in [-0.3, -0.25) is 29.3 Å². The van der Waals surface area contributed by atoms with E-state index in [2.05, 4.69) is 15.4 Å². The second kappa shape index (κ2) is 15.6. The standard InChI is InChI=1S/C30H37F5N4O7S/c1-15(2)21(37-25(42)18-6-8-19(9-7-18)28(44)39-10-12-45-13-11-39)23(41)27-36-20(14-47-27)26(43)38-22(16(3)4)24(46-17(5)40)29(31,32)30(33,34)35/h6-9,15-16,20-21,27,36H,10-14H2,1-5H3,(H,37,42)(H,38,43)/t20?,21-,27?/m1/s1. The molecule has 0 saturated carbocycles. The number of Topliss-reactive ketones (excluding diaryl/α,β-unsaturated/α-hetero) is 1. The monoisotopic (exact) mass is 692 g/mol. The summed E-state index contributed by atoms with van der Waals surface area (Å²) in [4.78, 5) is 65.3. The van der Waals surface area contributed by atoms with Crippen LogP contribution in [0.4, 0.5) is 22.0 Å². The van der Waals surface area contributed by atoms with Crippen LogP contribution in [0.5, 0.6) is 0 Å². The molecular formula is C30H37F5N4O7S. The van der Waals surface area contributed by atoms with Gasteiger partial charge in [0.05, 0.1) is 31.0 Å². The fourth-order valence-corrected chi connectivity index (χ4v) is 5.90. The van der Waals surface area contributed by atoms with E-state index in [4.69, 9.17) is 4.74 Å². The van der Waals surface area contributed by atoms with E-state index < -0.39 is 76.4 Å². The lowest BCUT2D eigenvalue weighted by atomic mass is 9.98. The van der Waals surface area contributed by atoms with Crippen molar-refractivity contribution in [1.29, 1.82) is 0 Å². The lowest BCUT2D eigenvalue weighted by Gasteiger charge is -2.27. The average molecular weight is 693 g/mol. The van der Waals surface area contributed by atoms with Crippen LogP contribution in [0.15, 0.2) is 35.7 Å². The maximum absolute atomic E-state index is 14.4. The Bertz CT molecular complexity index is 1380. The second-order valence-electron chi connectivity index (χ2n) is 11.6. The first-order valence-electron chi connectivity index (χ1n) is 14.7. The van der Waals surface area contributed by atoms with E-state index in [1.165, 1.54) is 38.1 Å². The Morgan fingerprint density at radius 3 is 2.06 bits per heavy atom. The molecule has 11 nitrogen and oxygen atoms in total. The Balaban J connectivity index is 1.70. The average Bonchev–Trinajstić information content (AvgIpc) is 3.51. The smallest absolute Gasteiger partial charge is 0.422 e. The number of thioether (sulfide) groups is 1. The summed E-state index contributed by atoms with van der Waals surface area (Å²) >= 11 is 0.985. The van der Waals surface area contributed by atoms with Crippen molar-refractivity contribution < 1.29 is 55.4 Å². The number of nitrogens with one attached hydrogen (secondary N) is 3. The number of morpholine rings is 1. The first-order valence-corrected chi connectivity index (χ1v) is 15.8. The van der Waals surface area contributed by atoms with Crippen LogP contribution in [0.2, 0.25) is 0 Å². The Kier molecular flexibility index (Phi) is 12.5. The van der Waals surface area contributed by atoms with Crippen molar-refractivity contribution in [2.75, 3.05) is 32.1 Å². The number of benzene rings is 1. The van der Waals surface area contributed by atoms with E-state index in [1.807, 2.05) is 5.32 Å². The number of alkyl halides is 5. The fraction of sp³-hybridized carbons (Fsp3) is 0.567. The Morgan fingerprint density at radius 2 is 1.55 bits per heavy atom. The molecule has 1 aromatic rings. The van der Waals surface area contributed by atoms with E-state index in [0.29, 0.717) is 38.8 Å². The molecule has 0 bridgehead atoms. The van der Waals surface area contributed by atoms with E-state index in [0.717, 1.165) is 11.8 Å². The third-order valence-electron chi connectivity index (χ3n) is 7.28. The molecule has 0 radical (unpaired) electrons. The van der Waals surface area contributed by atoms with Gasteiger partial charge in [-0.2, -0.15) is 22.0 Å². The molecule has 0 aliphatic carbocycles. The van der Waals surface area contributed by atoms with E-state index in [9.17, 15) is 45.9 Å². The molecule has 3 rings (SSSR count). The Hall–Kier alpha value is -3.57. The highest BCUT2D eigenvalue weighted by molar-refractivity contribution is 8.00. The van der Waals surface area contributed by atoms with Crippen LogP contribution >= 0.6 is 11.8 Å². The summed E-state index contributed by atoms with van der Waals surface area (Å²) in [5.41, 5.74) is -0.369. The van der Waals surface area contributed by atoms with Gasteiger partial charge < -0.3 is 25.0 Å². The zero-order chi connectivity index (χ0) is 35.3. The molecule has 3 N–H and O–H groups in total. The topological polar surface area (TPSA) is 143 Å². The molecule has 0 aromatic heterocycles. The van der Waals surface area contributed by atoms with Gasteiger partial charge in [-0.15, -0.1) is 11.8 Å². The van der Waals surface area contributed by atoms with Crippen LogP contribution in [-0.2, 0) is 23.9 Å². The van der Waals surface area contributed by atoms with Crippen LogP contribution < -0.4 is 16.0 Å². The SMILES string of the molecule is CC(=O)OC(=C(NC(=O)C1CSC(C(=O)[C@H](NC(=O)c2ccc(C(=O)N3CCOCC3)cc2)C(C)C)N1)C(C)C)C(F)(F)C(F)(F)F. The molecule has 3 amide bonds. The van der Waals surface area contributed by atoms with Crippen molar-refractivity contribution in [3.05, 3.63) is 46.8 Å². The summed E-state index contributed by atoms with van der Waals surface area (Å²) in [5, 5.41) is 6.41. The van der Waals surface area contributed by atoms with Gasteiger partial charge in [-0.05, 0) is 36.1 Å². The second-order valence-corrected chi connectivity index (χ2v) is 12.7. The Morgan fingerprint density at radius 1 is 0.979 bits per heavy atom. The van der Waals surface area contributed by atoms with Crippen molar-refractivity contribution in [3.8, 4) is 0 Å². The molecule has 2 heterocycles. The molecule has 1 aromatic carbocycles. The van der Waals surface area contributed by atoms with Gasteiger partial charge >= 0.3 is 18.1 Å². The third-order valence-corrected chi connectivity index (χ3v) is 8.50. The molecule has 17 heteroatoms. The lowest BCUT2D eigenvalue weighted by Crippen LogP contribution is -2.53. The number of halogens is 5. The molecule has 2 aliphatic rings. The van der Waals surface area contributed by atoms with Gasteiger partial charge in [-0.1, -0.05) is 27.7 Å². The van der Waals surface area contributed by atoms with Crippen LogP contribution in [0.1, 0.15) is 55.3 Å². The van der Waals surface area contributed by atoms with Crippen molar-refractivity contribution in [1.82, 2.24) is 20.9 Å². The summed E-state index contributed by atoms with van der Waals surface area (Å²) in [7, 11) is 0. The van der Waals surface area contributed by atoms with Crippen LogP contribution in [0.25, 0.3) is 0 Å². The molecule has 0 spiro atoms. The highest BCUT2D eigenvalue weighted by Gasteiger charge is 2.63. The van der Waals surface area contributed by atoms with Gasteiger partial charge in [0, 0.05) is 36.9 Å². The predicted molar refractivity (Wildman–Crippen MR) is 160 cm³/mol. The molecule has 2 unspecified atom stereocenters. The predicted octanol–water partition coefficient (Wildman–Crippen LogP) is 3.26. The minimum Gasteiger partial charge on any atom is -0.422 e. The summed E-state index contributed by atoms with van der Waals surface area (Å²) in [5.74, 6) is -13.0. The van der Waals surface area contributed by atoms with Crippen molar-refractivity contribution in [3.63, 3.8) is 0 Å². The summed E-state index contributed by atoms with van der Waals surface area (Å²) in [6.07, 6.45) is -6.12. The first-order chi connectivity index (χ1) is 21.8. The number of nitrogens with zero attached hydrogens (tertiary/aromatic N) is 1. The lowest BCUT2D eigenvalue weighted by molar-refractivity contribution is -0.276. The van der Waals surface area contributed by atoms with E-state index in [-0.39, 0.29) is 17.2 Å². The zero-order valence-electron chi connectivity index (χ0n) is 26.3. The number of carbonyl (C=O) groups is 5. The number of carbonyl (C=O) groups excluding carboxylic acids is 5. The zero-order valence-corrected chi connectivity index (χ0v) is 27.2. The minimum atomic E-state index is -6.12. The summed E-state index contributed by atoms with van der Waals surface area (Å²) in [6.45, 7) is 8.24. The van der Waals surface area contributed by atoms with Gasteiger partial charge in [0.15, 0.2) is 5.78 Å². The van der Waals surface area contributed by atoms with Crippen molar-refractivity contribution in [2.45, 2.75) is 64.2 Å². The molecule has 260 valence electrons. The highest BCUT2D eigenvalue weighted by atomic mass is 32.2. The minimum absolute atomic E-state index is 0.0659. The molecule has 2 aliphatic heterocycles. The van der Waals surface area contributed by atoms with E-state index in [1.54, 1.807) is 18.7 Å². The number of rotatable bonds is 11. The van der Waals surface area contributed by atoms with Crippen LogP contribution in [0, 0.1) is 11.8 Å². The summed E-state index contributed by atoms with van der Waals surface area (Å²) < 4.78 is 77.9. The first kappa shape index (κ1) is 37.9. The van der Waals surface area contributed by atoms with Gasteiger partial charge in [0.1, 0.15) is 5.37 Å². The van der Waals surface area contributed by atoms with Crippen LogP contribution in [-0.4, -0.2) is 96.0 Å². The number of allylic oxidation sites excluding steroid dienone is 2. The number of esters is 1. The number of hydrogen-bond donors (Lipinski definition) is 3. The van der Waals surface area contributed by atoms with Gasteiger partial charge in [0.2, 0.25) is 11.7 Å². The third kappa shape index (κ3) is 9.28. The van der Waals surface area contributed by atoms with Crippen molar-refractivity contribution in [2.24, 2.45) is 11.8 Å². The molecule has 2 fully saturated rings. The van der Waals surface area contributed by atoms with Gasteiger partial charge in [0.25, 0.3) is 11.8 Å². The number of ether oxygens (including phenoxy) is 2.